The van der Waals surface area contributed by atoms with Crippen molar-refractivity contribution < 1.29 is 4.79 Å². The lowest BCUT2D eigenvalue weighted by Gasteiger charge is -2.02. The molecule has 0 aliphatic rings. The van der Waals surface area contributed by atoms with Crippen LogP contribution in [0.2, 0.25) is 0 Å². The molecule has 2 rings (SSSR count). The summed E-state index contributed by atoms with van der Waals surface area (Å²) in [6.45, 7) is 1.96. The summed E-state index contributed by atoms with van der Waals surface area (Å²) < 4.78 is 0. The summed E-state index contributed by atoms with van der Waals surface area (Å²) in [6, 6.07) is 12.5. The zero-order valence-corrected chi connectivity index (χ0v) is 10.0. The molecule has 1 aromatic heterocycles. The molecule has 0 aliphatic heterocycles. The molecule has 0 saturated heterocycles. The Morgan fingerprint density at radius 3 is 2.47 bits per heavy atom. The molecule has 0 fully saturated rings. The lowest BCUT2D eigenvalue weighted by atomic mass is 10.2. The lowest BCUT2D eigenvalue weighted by Crippen LogP contribution is -2.09. The van der Waals surface area contributed by atoms with Gasteiger partial charge < -0.3 is 5.32 Å². The normalized spacial score (nSPS) is 9.65. The average molecular weight is 242 g/mol. The van der Waals surface area contributed by atoms with Crippen LogP contribution in [0.1, 0.15) is 20.1 Å². The van der Waals surface area contributed by atoms with Crippen LogP contribution in [-0.4, -0.2) is 5.91 Å². The molecule has 3 nitrogen and oxygen atoms in total. The van der Waals surface area contributed by atoms with Crippen molar-refractivity contribution in [3.8, 4) is 6.07 Å². The number of carbonyl (C=O) groups is 1. The Morgan fingerprint density at radius 1 is 1.24 bits per heavy atom. The molecular weight excluding hydrogens is 232 g/mol. The number of aryl methyl sites for hydroxylation is 1. The maximum atomic E-state index is 11.8. The number of amides is 1. The van der Waals surface area contributed by atoms with Gasteiger partial charge in [0.15, 0.2) is 0 Å². The third-order valence-electron chi connectivity index (χ3n) is 2.24. The van der Waals surface area contributed by atoms with E-state index in [1.807, 2.05) is 19.1 Å². The van der Waals surface area contributed by atoms with E-state index in [2.05, 4.69) is 5.32 Å². The molecule has 0 saturated carbocycles. The SMILES string of the molecule is Cc1ccc(C(=O)Nc2ccc(C#N)cc2)s1. The van der Waals surface area contributed by atoms with E-state index in [9.17, 15) is 4.79 Å². The van der Waals surface area contributed by atoms with Crippen LogP contribution in [0.15, 0.2) is 36.4 Å². The van der Waals surface area contributed by atoms with Crippen LogP contribution in [0.3, 0.4) is 0 Å². The smallest absolute Gasteiger partial charge is 0.265 e. The summed E-state index contributed by atoms with van der Waals surface area (Å²) in [5, 5.41) is 11.4. The Bertz CT molecular complexity index is 578. The molecule has 17 heavy (non-hydrogen) atoms. The molecule has 2 aromatic rings. The predicted octanol–water partition coefficient (Wildman–Crippen LogP) is 3.18. The van der Waals surface area contributed by atoms with E-state index in [-0.39, 0.29) is 5.91 Å². The number of nitrogens with one attached hydrogen (secondary N) is 1. The van der Waals surface area contributed by atoms with E-state index >= 15 is 0 Å². The lowest BCUT2D eigenvalue weighted by molar-refractivity contribution is 0.103. The van der Waals surface area contributed by atoms with Gasteiger partial charge in [-0.15, -0.1) is 11.3 Å². The van der Waals surface area contributed by atoms with Crippen molar-refractivity contribution in [2.24, 2.45) is 0 Å². The van der Waals surface area contributed by atoms with Gasteiger partial charge in [0.25, 0.3) is 5.91 Å². The van der Waals surface area contributed by atoms with Gasteiger partial charge in [-0.1, -0.05) is 0 Å². The fourth-order valence-corrected chi connectivity index (χ4v) is 2.14. The maximum absolute atomic E-state index is 11.8. The Hall–Kier alpha value is -2.12. The van der Waals surface area contributed by atoms with Gasteiger partial charge in [-0.2, -0.15) is 5.26 Å². The Morgan fingerprint density at radius 2 is 1.94 bits per heavy atom. The zero-order chi connectivity index (χ0) is 12.3. The number of rotatable bonds is 2. The average Bonchev–Trinajstić information content (AvgIpc) is 2.77. The summed E-state index contributed by atoms with van der Waals surface area (Å²) in [4.78, 5) is 13.6. The van der Waals surface area contributed by atoms with Crippen molar-refractivity contribution in [3.63, 3.8) is 0 Å². The highest BCUT2D eigenvalue weighted by Crippen LogP contribution is 2.17. The zero-order valence-electron chi connectivity index (χ0n) is 9.23. The highest BCUT2D eigenvalue weighted by Gasteiger charge is 2.07. The van der Waals surface area contributed by atoms with Crippen LogP contribution in [0.4, 0.5) is 5.69 Å². The van der Waals surface area contributed by atoms with Gasteiger partial charge in [-0.05, 0) is 43.3 Å². The van der Waals surface area contributed by atoms with E-state index in [1.165, 1.54) is 11.3 Å². The fourth-order valence-electron chi connectivity index (χ4n) is 1.38. The van der Waals surface area contributed by atoms with Gasteiger partial charge in [0.2, 0.25) is 0 Å². The third-order valence-corrected chi connectivity index (χ3v) is 3.24. The second kappa shape index (κ2) is 4.81. The number of hydrogen-bond acceptors (Lipinski definition) is 3. The number of nitriles is 1. The first-order chi connectivity index (χ1) is 8.19. The van der Waals surface area contributed by atoms with Crippen LogP contribution in [0.25, 0.3) is 0 Å². The molecule has 0 atom stereocenters. The molecular formula is C13H10N2OS. The number of carbonyl (C=O) groups excluding carboxylic acids is 1. The van der Waals surface area contributed by atoms with E-state index in [1.54, 1.807) is 30.3 Å². The van der Waals surface area contributed by atoms with E-state index < -0.39 is 0 Å². The Kier molecular flexibility index (Phi) is 3.22. The first-order valence-corrected chi connectivity index (χ1v) is 5.88. The number of hydrogen-bond donors (Lipinski definition) is 1. The van der Waals surface area contributed by atoms with Crippen molar-refractivity contribution in [3.05, 3.63) is 51.7 Å². The summed E-state index contributed by atoms with van der Waals surface area (Å²) in [5.41, 5.74) is 1.27. The first kappa shape index (κ1) is 11.4. The van der Waals surface area contributed by atoms with Gasteiger partial charge >= 0.3 is 0 Å². The molecule has 1 aromatic carbocycles. The molecule has 0 unspecified atom stereocenters. The largest absolute Gasteiger partial charge is 0.321 e. The van der Waals surface area contributed by atoms with Crippen LogP contribution < -0.4 is 5.32 Å². The number of thiophene rings is 1. The molecule has 0 bridgehead atoms. The summed E-state index contributed by atoms with van der Waals surface area (Å²) in [7, 11) is 0. The molecule has 1 N–H and O–H groups in total. The van der Waals surface area contributed by atoms with E-state index in [0.717, 1.165) is 4.88 Å². The summed E-state index contributed by atoms with van der Waals surface area (Å²) >= 11 is 1.46. The quantitative estimate of drug-likeness (QED) is 0.879. The van der Waals surface area contributed by atoms with Gasteiger partial charge in [-0.3, -0.25) is 4.79 Å². The van der Waals surface area contributed by atoms with Crippen molar-refractivity contribution in [1.82, 2.24) is 0 Å². The second-order valence-corrected chi connectivity index (χ2v) is 4.84. The highest BCUT2D eigenvalue weighted by molar-refractivity contribution is 7.14. The van der Waals surface area contributed by atoms with Gasteiger partial charge in [0.05, 0.1) is 16.5 Å². The summed E-state index contributed by atoms with van der Waals surface area (Å²) in [5.74, 6) is -0.118. The monoisotopic (exact) mass is 242 g/mol. The minimum absolute atomic E-state index is 0.118. The van der Waals surface area contributed by atoms with Crippen LogP contribution >= 0.6 is 11.3 Å². The van der Waals surface area contributed by atoms with Crippen molar-refractivity contribution >= 4 is 22.9 Å². The molecule has 84 valence electrons. The number of nitrogens with zero attached hydrogens (tertiary/aromatic N) is 1. The van der Waals surface area contributed by atoms with E-state index in [4.69, 9.17) is 5.26 Å². The minimum Gasteiger partial charge on any atom is -0.321 e. The molecule has 0 aliphatic carbocycles. The van der Waals surface area contributed by atoms with Crippen LogP contribution in [0.5, 0.6) is 0 Å². The van der Waals surface area contributed by atoms with Crippen molar-refractivity contribution in [1.29, 1.82) is 5.26 Å². The molecule has 0 radical (unpaired) electrons. The van der Waals surface area contributed by atoms with Crippen LogP contribution in [0, 0.1) is 18.3 Å². The topological polar surface area (TPSA) is 52.9 Å². The van der Waals surface area contributed by atoms with Gasteiger partial charge in [0.1, 0.15) is 0 Å². The second-order valence-electron chi connectivity index (χ2n) is 3.55. The van der Waals surface area contributed by atoms with Crippen molar-refractivity contribution in [2.75, 3.05) is 5.32 Å². The molecule has 1 amide bonds. The van der Waals surface area contributed by atoms with Gasteiger partial charge in [-0.25, -0.2) is 0 Å². The van der Waals surface area contributed by atoms with E-state index in [0.29, 0.717) is 16.1 Å². The Balaban J connectivity index is 2.11. The summed E-state index contributed by atoms with van der Waals surface area (Å²) in [6.07, 6.45) is 0. The molecule has 4 heteroatoms. The molecule has 0 spiro atoms. The third kappa shape index (κ3) is 2.71. The standard InChI is InChI=1S/C13H10N2OS/c1-9-2-7-12(17-9)13(16)15-11-5-3-10(8-14)4-6-11/h2-7H,1H3,(H,15,16). The molecule has 1 heterocycles. The minimum atomic E-state index is -0.118. The van der Waals surface area contributed by atoms with Crippen molar-refractivity contribution in [2.45, 2.75) is 6.92 Å². The number of anilines is 1. The van der Waals surface area contributed by atoms with Gasteiger partial charge in [0, 0.05) is 10.6 Å². The highest BCUT2D eigenvalue weighted by atomic mass is 32.1. The van der Waals surface area contributed by atoms with Crippen LogP contribution in [-0.2, 0) is 0 Å². The maximum Gasteiger partial charge on any atom is 0.265 e. The fraction of sp³-hybridized carbons (Fsp3) is 0.0769. The number of benzene rings is 1. The first-order valence-electron chi connectivity index (χ1n) is 5.07. The predicted molar refractivity (Wildman–Crippen MR) is 68.2 cm³/mol. The Labute approximate surface area is 103 Å².